The highest BCUT2D eigenvalue weighted by molar-refractivity contribution is 5.55. The molecule has 0 aromatic heterocycles. The van der Waals surface area contributed by atoms with Crippen LogP contribution in [0.4, 0.5) is 5.69 Å². The second kappa shape index (κ2) is 5.83. The van der Waals surface area contributed by atoms with Crippen molar-refractivity contribution in [2.75, 3.05) is 24.6 Å². The van der Waals surface area contributed by atoms with E-state index in [-0.39, 0.29) is 6.61 Å². The third-order valence-corrected chi connectivity index (χ3v) is 4.43. The van der Waals surface area contributed by atoms with Crippen LogP contribution in [0.5, 0.6) is 5.75 Å². The number of anilines is 1. The molecule has 2 rings (SSSR count). The molecule has 1 heterocycles. The maximum absolute atomic E-state index is 9.44. The van der Waals surface area contributed by atoms with Crippen molar-refractivity contribution in [3.63, 3.8) is 0 Å². The van der Waals surface area contributed by atoms with Crippen molar-refractivity contribution >= 4 is 5.69 Å². The van der Waals surface area contributed by atoms with Gasteiger partial charge in [-0.2, -0.15) is 0 Å². The summed E-state index contributed by atoms with van der Waals surface area (Å²) in [5.41, 5.74) is 2.58. The van der Waals surface area contributed by atoms with Crippen LogP contribution in [0, 0.1) is 5.41 Å². The van der Waals surface area contributed by atoms with Crippen molar-refractivity contribution in [2.45, 2.75) is 40.2 Å². The lowest BCUT2D eigenvalue weighted by Gasteiger charge is -2.51. The highest BCUT2D eigenvalue weighted by atomic mass is 16.5. The zero-order chi connectivity index (χ0) is 13.9. The molecule has 0 spiro atoms. The molecule has 3 heteroatoms. The van der Waals surface area contributed by atoms with E-state index in [0.29, 0.717) is 12.0 Å². The number of aliphatic hydroxyl groups excluding tert-OH is 1. The van der Waals surface area contributed by atoms with Gasteiger partial charge in [0.2, 0.25) is 0 Å². The first kappa shape index (κ1) is 14.2. The summed E-state index contributed by atoms with van der Waals surface area (Å²) in [5.74, 6) is 0.798. The number of nitrogens with zero attached hydrogens (tertiary/aromatic N) is 1. The molecule has 3 nitrogen and oxygen atoms in total. The van der Waals surface area contributed by atoms with Crippen LogP contribution in [0.2, 0.25) is 0 Å². The predicted molar refractivity (Wildman–Crippen MR) is 78.8 cm³/mol. The standard InChI is InChI=1S/C16H25NO2/c1-4-16(5-2)11-17(12-16)14-7-8-15(19-6-3)13(9-14)10-18/h7-9,18H,4-6,10-12H2,1-3H3. The van der Waals surface area contributed by atoms with Gasteiger partial charge in [0.1, 0.15) is 5.75 Å². The first-order valence-electron chi connectivity index (χ1n) is 7.29. The lowest BCUT2D eigenvalue weighted by molar-refractivity contribution is 0.194. The van der Waals surface area contributed by atoms with Gasteiger partial charge in [0.05, 0.1) is 13.2 Å². The zero-order valence-corrected chi connectivity index (χ0v) is 12.3. The fraction of sp³-hybridized carbons (Fsp3) is 0.625. The topological polar surface area (TPSA) is 32.7 Å². The second-order valence-electron chi connectivity index (χ2n) is 5.45. The van der Waals surface area contributed by atoms with E-state index in [0.717, 1.165) is 24.4 Å². The number of aliphatic hydroxyl groups is 1. The van der Waals surface area contributed by atoms with Gasteiger partial charge >= 0.3 is 0 Å². The smallest absolute Gasteiger partial charge is 0.124 e. The molecule has 1 aliphatic rings. The molecule has 0 aliphatic carbocycles. The largest absolute Gasteiger partial charge is 0.494 e. The van der Waals surface area contributed by atoms with Gasteiger partial charge in [-0.05, 0) is 38.0 Å². The van der Waals surface area contributed by atoms with E-state index < -0.39 is 0 Å². The quantitative estimate of drug-likeness (QED) is 0.855. The third-order valence-electron chi connectivity index (χ3n) is 4.43. The number of hydrogen-bond donors (Lipinski definition) is 1. The Morgan fingerprint density at radius 3 is 2.42 bits per heavy atom. The molecule has 0 radical (unpaired) electrons. The normalized spacial score (nSPS) is 17.2. The van der Waals surface area contributed by atoms with Crippen molar-refractivity contribution in [3.05, 3.63) is 23.8 Å². The van der Waals surface area contributed by atoms with Gasteiger partial charge in [0.25, 0.3) is 0 Å². The molecule has 1 saturated heterocycles. The summed E-state index contributed by atoms with van der Waals surface area (Å²) >= 11 is 0. The van der Waals surface area contributed by atoms with Crippen molar-refractivity contribution in [3.8, 4) is 5.75 Å². The van der Waals surface area contributed by atoms with Crippen LogP contribution in [0.15, 0.2) is 18.2 Å². The zero-order valence-electron chi connectivity index (χ0n) is 12.3. The molecule has 19 heavy (non-hydrogen) atoms. The summed E-state index contributed by atoms with van der Waals surface area (Å²) in [4.78, 5) is 2.39. The molecule has 0 amide bonds. The van der Waals surface area contributed by atoms with E-state index in [1.54, 1.807) is 0 Å². The molecule has 0 unspecified atom stereocenters. The van der Waals surface area contributed by atoms with Crippen LogP contribution < -0.4 is 9.64 Å². The molecule has 0 atom stereocenters. The molecule has 106 valence electrons. The lowest BCUT2D eigenvalue weighted by Crippen LogP contribution is -2.55. The number of benzene rings is 1. The third kappa shape index (κ3) is 2.71. The van der Waals surface area contributed by atoms with Crippen molar-refractivity contribution in [1.29, 1.82) is 0 Å². The molecule has 1 aromatic carbocycles. The molecule has 0 bridgehead atoms. The van der Waals surface area contributed by atoms with Crippen LogP contribution in [0.25, 0.3) is 0 Å². The fourth-order valence-electron chi connectivity index (χ4n) is 2.83. The number of rotatable bonds is 6. The molecule has 1 fully saturated rings. The van der Waals surface area contributed by atoms with Crippen molar-refractivity contribution < 1.29 is 9.84 Å². The van der Waals surface area contributed by atoms with Crippen LogP contribution in [-0.2, 0) is 6.61 Å². The summed E-state index contributed by atoms with van der Waals surface area (Å²) in [6.45, 7) is 9.42. The first-order valence-corrected chi connectivity index (χ1v) is 7.29. The van der Waals surface area contributed by atoms with Gasteiger partial charge < -0.3 is 14.7 Å². The molecule has 0 saturated carbocycles. The second-order valence-corrected chi connectivity index (χ2v) is 5.45. The van der Waals surface area contributed by atoms with Crippen LogP contribution in [0.1, 0.15) is 39.2 Å². The number of ether oxygens (including phenoxy) is 1. The lowest BCUT2D eigenvalue weighted by atomic mass is 9.75. The highest BCUT2D eigenvalue weighted by Crippen LogP contribution is 2.40. The highest BCUT2D eigenvalue weighted by Gasteiger charge is 2.39. The summed E-state index contributed by atoms with van der Waals surface area (Å²) in [6, 6.07) is 6.13. The molecular weight excluding hydrogens is 238 g/mol. The van der Waals surface area contributed by atoms with E-state index >= 15 is 0 Å². The van der Waals surface area contributed by atoms with Gasteiger partial charge in [0, 0.05) is 29.8 Å². The van der Waals surface area contributed by atoms with E-state index in [1.165, 1.54) is 18.5 Å². The fourth-order valence-corrected chi connectivity index (χ4v) is 2.83. The maximum Gasteiger partial charge on any atom is 0.124 e. The maximum atomic E-state index is 9.44. The van der Waals surface area contributed by atoms with Crippen LogP contribution >= 0.6 is 0 Å². The summed E-state index contributed by atoms with van der Waals surface area (Å²) in [6.07, 6.45) is 2.48. The summed E-state index contributed by atoms with van der Waals surface area (Å²) in [7, 11) is 0. The molecule has 1 aliphatic heterocycles. The van der Waals surface area contributed by atoms with E-state index in [9.17, 15) is 5.11 Å². The minimum Gasteiger partial charge on any atom is -0.494 e. The minimum atomic E-state index is 0.0315. The van der Waals surface area contributed by atoms with Gasteiger partial charge in [0.15, 0.2) is 0 Å². The SMILES string of the molecule is CCOc1ccc(N2CC(CC)(CC)C2)cc1CO. The van der Waals surface area contributed by atoms with Gasteiger partial charge in [-0.3, -0.25) is 0 Å². The minimum absolute atomic E-state index is 0.0315. The van der Waals surface area contributed by atoms with E-state index in [4.69, 9.17) is 4.74 Å². The molecular formula is C16H25NO2. The van der Waals surface area contributed by atoms with Crippen LogP contribution in [0.3, 0.4) is 0 Å². The first-order chi connectivity index (χ1) is 9.18. The Balaban J connectivity index is 2.11. The van der Waals surface area contributed by atoms with E-state index in [1.807, 2.05) is 13.0 Å². The van der Waals surface area contributed by atoms with E-state index in [2.05, 4.69) is 30.9 Å². The van der Waals surface area contributed by atoms with Gasteiger partial charge in [-0.1, -0.05) is 13.8 Å². The van der Waals surface area contributed by atoms with Crippen LogP contribution in [-0.4, -0.2) is 24.8 Å². The summed E-state index contributed by atoms with van der Waals surface area (Å²) < 4.78 is 5.52. The predicted octanol–water partition coefficient (Wildman–Crippen LogP) is 3.20. The van der Waals surface area contributed by atoms with Gasteiger partial charge in [-0.25, -0.2) is 0 Å². The number of hydrogen-bond acceptors (Lipinski definition) is 3. The Hall–Kier alpha value is -1.22. The molecule has 1 aromatic rings. The average Bonchev–Trinajstić information content (AvgIpc) is 2.40. The average molecular weight is 263 g/mol. The Morgan fingerprint density at radius 1 is 1.21 bits per heavy atom. The Kier molecular flexibility index (Phi) is 4.35. The molecule has 1 N–H and O–H groups in total. The Bertz CT molecular complexity index is 419. The van der Waals surface area contributed by atoms with Gasteiger partial charge in [-0.15, -0.1) is 0 Å². The van der Waals surface area contributed by atoms with Crippen molar-refractivity contribution in [2.24, 2.45) is 5.41 Å². The van der Waals surface area contributed by atoms with Crippen molar-refractivity contribution in [1.82, 2.24) is 0 Å². The Morgan fingerprint density at radius 2 is 1.89 bits per heavy atom. The monoisotopic (exact) mass is 263 g/mol. The summed E-state index contributed by atoms with van der Waals surface area (Å²) in [5, 5.41) is 9.44. The Labute approximate surface area is 116 Å².